The Kier molecular flexibility index (Phi) is 3.71. The van der Waals surface area contributed by atoms with Gasteiger partial charge in [-0.1, -0.05) is 13.8 Å². The van der Waals surface area contributed by atoms with Crippen LogP contribution in [-0.2, 0) is 0 Å². The topological polar surface area (TPSA) is 54.7 Å². The standard InChI is InChI=1S/C13H17N3O2S/c1-8(2)9(3)15(4)11(17)10-7-14-13-16(12(10)18)5-6-19-13/h5-9H,1-4H3/t9-/m1/s1. The molecule has 0 aliphatic carbocycles. The van der Waals surface area contributed by atoms with Gasteiger partial charge in [-0.2, -0.15) is 0 Å². The SMILES string of the molecule is CC(C)[C@@H](C)N(C)C(=O)c1cnc2sccn2c1=O. The van der Waals surface area contributed by atoms with E-state index in [0.29, 0.717) is 10.9 Å². The molecule has 2 rings (SSSR count). The number of hydrogen-bond donors (Lipinski definition) is 0. The maximum Gasteiger partial charge on any atom is 0.271 e. The number of amides is 1. The van der Waals surface area contributed by atoms with E-state index in [2.05, 4.69) is 4.98 Å². The molecule has 0 bridgehead atoms. The number of thiazole rings is 1. The Morgan fingerprint density at radius 3 is 2.74 bits per heavy atom. The summed E-state index contributed by atoms with van der Waals surface area (Å²) in [5, 5.41) is 1.78. The van der Waals surface area contributed by atoms with Gasteiger partial charge in [0, 0.05) is 30.9 Å². The molecule has 0 aromatic carbocycles. The smallest absolute Gasteiger partial charge is 0.271 e. The van der Waals surface area contributed by atoms with Crippen molar-refractivity contribution in [3.8, 4) is 0 Å². The minimum Gasteiger partial charge on any atom is -0.339 e. The average molecular weight is 279 g/mol. The van der Waals surface area contributed by atoms with Crippen molar-refractivity contribution < 1.29 is 4.79 Å². The maximum atomic E-state index is 12.4. The highest BCUT2D eigenvalue weighted by atomic mass is 32.1. The molecule has 0 spiro atoms. The summed E-state index contributed by atoms with van der Waals surface area (Å²) in [4.78, 5) is 30.9. The first-order chi connectivity index (χ1) is 8.93. The van der Waals surface area contributed by atoms with Crippen LogP contribution in [0.1, 0.15) is 31.1 Å². The lowest BCUT2D eigenvalue weighted by molar-refractivity contribution is 0.0704. The van der Waals surface area contributed by atoms with Gasteiger partial charge in [0.1, 0.15) is 5.56 Å². The summed E-state index contributed by atoms with van der Waals surface area (Å²) in [7, 11) is 1.72. The number of aromatic nitrogens is 2. The van der Waals surface area contributed by atoms with E-state index in [1.165, 1.54) is 21.9 Å². The highest BCUT2D eigenvalue weighted by molar-refractivity contribution is 7.15. The van der Waals surface area contributed by atoms with Crippen molar-refractivity contribution in [1.82, 2.24) is 14.3 Å². The van der Waals surface area contributed by atoms with Gasteiger partial charge in [0.25, 0.3) is 11.5 Å². The molecule has 0 radical (unpaired) electrons. The first-order valence-electron chi connectivity index (χ1n) is 6.15. The molecule has 0 aliphatic heterocycles. The molecule has 19 heavy (non-hydrogen) atoms. The predicted octanol–water partition coefficient (Wildman–Crippen LogP) is 1.87. The molecule has 0 saturated carbocycles. The molecule has 1 atom stereocenters. The quantitative estimate of drug-likeness (QED) is 0.862. The number of carbonyl (C=O) groups is 1. The van der Waals surface area contributed by atoms with Crippen LogP contribution in [0.3, 0.4) is 0 Å². The molecule has 1 amide bonds. The van der Waals surface area contributed by atoms with Crippen molar-refractivity contribution in [2.24, 2.45) is 5.92 Å². The Labute approximate surface area is 115 Å². The van der Waals surface area contributed by atoms with E-state index in [1.54, 1.807) is 23.5 Å². The third-order valence-corrected chi connectivity index (χ3v) is 4.24. The monoisotopic (exact) mass is 279 g/mol. The Morgan fingerprint density at radius 2 is 2.11 bits per heavy atom. The van der Waals surface area contributed by atoms with Gasteiger partial charge in [-0.05, 0) is 12.8 Å². The second kappa shape index (κ2) is 5.13. The fraction of sp³-hybridized carbons (Fsp3) is 0.462. The van der Waals surface area contributed by atoms with Gasteiger partial charge in [-0.3, -0.25) is 14.0 Å². The molecule has 0 aliphatic rings. The van der Waals surface area contributed by atoms with Crippen LogP contribution in [0, 0.1) is 5.92 Å². The van der Waals surface area contributed by atoms with Crippen molar-refractivity contribution in [3.63, 3.8) is 0 Å². The van der Waals surface area contributed by atoms with Crippen LogP contribution < -0.4 is 5.56 Å². The van der Waals surface area contributed by atoms with Crippen LogP contribution in [0.5, 0.6) is 0 Å². The number of nitrogens with zero attached hydrogens (tertiary/aromatic N) is 3. The first kappa shape index (κ1) is 13.7. The highest BCUT2D eigenvalue weighted by Gasteiger charge is 2.23. The molecular weight excluding hydrogens is 262 g/mol. The third-order valence-electron chi connectivity index (χ3n) is 3.47. The summed E-state index contributed by atoms with van der Waals surface area (Å²) in [6.07, 6.45) is 3.01. The van der Waals surface area contributed by atoms with E-state index in [0.717, 1.165) is 0 Å². The Morgan fingerprint density at radius 1 is 1.42 bits per heavy atom. The summed E-state index contributed by atoms with van der Waals surface area (Å²) < 4.78 is 1.41. The van der Waals surface area contributed by atoms with E-state index in [-0.39, 0.29) is 23.1 Å². The van der Waals surface area contributed by atoms with Crippen LogP contribution >= 0.6 is 11.3 Å². The second-order valence-electron chi connectivity index (χ2n) is 4.93. The summed E-state index contributed by atoms with van der Waals surface area (Å²) in [5.74, 6) is 0.0499. The normalized spacial score (nSPS) is 12.9. The molecule has 102 valence electrons. The van der Waals surface area contributed by atoms with Crippen molar-refractivity contribution in [2.75, 3.05) is 7.05 Å². The molecule has 5 nitrogen and oxygen atoms in total. The van der Waals surface area contributed by atoms with Crippen LogP contribution in [-0.4, -0.2) is 33.3 Å². The molecule has 6 heteroatoms. The van der Waals surface area contributed by atoms with E-state index in [4.69, 9.17) is 0 Å². The number of hydrogen-bond acceptors (Lipinski definition) is 4. The van der Waals surface area contributed by atoms with E-state index >= 15 is 0 Å². The van der Waals surface area contributed by atoms with Crippen LogP contribution in [0.15, 0.2) is 22.6 Å². The Hall–Kier alpha value is -1.69. The summed E-state index contributed by atoms with van der Waals surface area (Å²) >= 11 is 1.37. The molecular formula is C13H17N3O2S. The first-order valence-corrected chi connectivity index (χ1v) is 7.03. The van der Waals surface area contributed by atoms with Crippen LogP contribution in [0.25, 0.3) is 4.96 Å². The minimum absolute atomic E-state index is 0.0649. The van der Waals surface area contributed by atoms with Crippen molar-refractivity contribution >= 4 is 22.2 Å². The van der Waals surface area contributed by atoms with Crippen LogP contribution in [0.4, 0.5) is 0 Å². The number of carbonyl (C=O) groups excluding carboxylic acids is 1. The lowest BCUT2D eigenvalue weighted by Crippen LogP contribution is -2.40. The van der Waals surface area contributed by atoms with Gasteiger partial charge in [0.05, 0.1) is 0 Å². The summed E-state index contributed by atoms with van der Waals surface area (Å²) in [5.41, 5.74) is -0.190. The molecule has 0 unspecified atom stereocenters. The average Bonchev–Trinajstić information content (AvgIpc) is 2.85. The lowest BCUT2D eigenvalue weighted by atomic mass is 10.0. The Bertz CT molecular complexity index is 659. The van der Waals surface area contributed by atoms with Gasteiger partial charge in [-0.25, -0.2) is 4.98 Å². The number of fused-ring (bicyclic) bond motifs is 1. The zero-order chi connectivity index (χ0) is 14.2. The largest absolute Gasteiger partial charge is 0.339 e. The molecule has 0 fully saturated rings. The summed E-state index contributed by atoms with van der Waals surface area (Å²) in [6, 6.07) is 0.0649. The highest BCUT2D eigenvalue weighted by Crippen LogP contribution is 2.12. The fourth-order valence-corrected chi connectivity index (χ4v) is 2.47. The van der Waals surface area contributed by atoms with Gasteiger partial charge in [-0.15, -0.1) is 11.3 Å². The molecule has 2 aromatic heterocycles. The van der Waals surface area contributed by atoms with Crippen molar-refractivity contribution in [1.29, 1.82) is 0 Å². The third kappa shape index (κ3) is 2.40. The van der Waals surface area contributed by atoms with Gasteiger partial charge >= 0.3 is 0 Å². The predicted molar refractivity (Wildman–Crippen MR) is 75.7 cm³/mol. The molecule has 2 heterocycles. The molecule has 0 N–H and O–H groups in total. The van der Waals surface area contributed by atoms with E-state index in [1.807, 2.05) is 20.8 Å². The van der Waals surface area contributed by atoms with Gasteiger partial charge in [0.2, 0.25) is 0 Å². The van der Waals surface area contributed by atoms with E-state index in [9.17, 15) is 9.59 Å². The van der Waals surface area contributed by atoms with Crippen molar-refractivity contribution in [3.05, 3.63) is 33.7 Å². The minimum atomic E-state index is -0.306. The Balaban J connectivity index is 2.41. The lowest BCUT2D eigenvalue weighted by Gasteiger charge is -2.27. The zero-order valence-electron chi connectivity index (χ0n) is 11.5. The second-order valence-corrected chi connectivity index (χ2v) is 5.81. The number of rotatable bonds is 3. The van der Waals surface area contributed by atoms with E-state index < -0.39 is 0 Å². The summed E-state index contributed by atoms with van der Waals surface area (Å²) in [6.45, 7) is 6.06. The fourth-order valence-electron chi connectivity index (χ4n) is 1.79. The molecule has 2 aromatic rings. The maximum absolute atomic E-state index is 12.4. The van der Waals surface area contributed by atoms with Gasteiger partial charge in [0.15, 0.2) is 4.96 Å². The molecule has 0 saturated heterocycles. The van der Waals surface area contributed by atoms with Crippen molar-refractivity contribution in [2.45, 2.75) is 26.8 Å². The zero-order valence-corrected chi connectivity index (χ0v) is 12.3. The van der Waals surface area contributed by atoms with Crippen LogP contribution in [0.2, 0.25) is 0 Å². The van der Waals surface area contributed by atoms with Gasteiger partial charge < -0.3 is 4.90 Å².